The summed E-state index contributed by atoms with van der Waals surface area (Å²) in [5.41, 5.74) is 1.71. The molecule has 0 aromatic heterocycles. The van der Waals surface area contributed by atoms with E-state index in [2.05, 4.69) is 0 Å². The highest BCUT2D eigenvalue weighted by atomic mass is 16.3. The molecule has 18 heavy (non-hydrogen) atoms. The Morgan fingerprint density at radius 3 is 2.94 bits per heavy atom. The van der Waals surface area contributed by atoms with Gasteiger partial charge in [-0.2, -0.15) is 0 Å². The Bertz CT molecular complexity index is 432. The van der Waals surface area contributed by atoms with E-state index in [9.17, 15) is 9.90 Å². The van der Waals surface area contributed by atoms with Crippen molar-refractivity contribution in [1.29, 1.82) is 0 Å². The highest BCUT2D eigenvalue weighted by molar-refractivity contribution is 5.95. The van der Waals surface area contributed by atoms with Crippen LogP contribution in [0.3, 0.4) is 0 Å². The average molecular weight is 248 g/mol. The molecule has 1 N–H and O–H groups in total. The third kappa shape index (κ3) is 2.48. The van der Waals surface area contributed by atoms with Gasteiger partial charge in [-0.15, -0.1) is 0 Å². The summed E-state index contributed by atoms with van der Waals surface area (Å²) in [4.78, 5) is 16.2. The van der Waals surface area contributed by atoms with Crippen molar-refractivity contribution in [1.82, 2.24) is 4.90 Å². The number of anilines is 1. The van der Waals surface area contributed by atoms with Crippen LogP contribution in [0.15, 0.2) is 24.3 Å². The number of carbonyl (C=O) groups excluding carboxylic acids is 1. The van der Waals surface area contributed by atoms with Crippen LogP contribution in [0.1, 0.15) is 23.2 Å². The summed E-state index contributed by atoms with van der Waals surface area (Å²) in [7, 11) is 3.91. The first-order chi connectivity index (χ1) is 8.63. The van der Waals surface area contributed by atoms with Gasteiger partial charge < -0.3 is 14.9 Å². The number of likely N-dealkylation sites (tertiary alicyclic amines) is 1. The van der Waals surface area contributed by atoms with Crippen molar-refractivity contribution in [3.8, 4) is 0 Å². The van der Waals surface area contributed by atoms with Crippen LogP contribution >= 0.6 is 0 Å². The number of aliphatic hydroxyl groups excluding tert-OH is 1. The van der Waals surface area contributed by atoms with Crippen molar-refractivity contribution in [3.05, 3.63) is 29.8 Å². The molecule has 0 radical (unpaired) electrons. The number of rotatable bonds is 3. The molecule has 0 spiro atoms. The molecule has 1 aliphatic heterocycles. The van der Waals surface area contributed by atoms with Gasteiger partial charge >= 0.3 is 0 Å². The van der Waals surface area contributed by atoms with Gasteiger partial charge in [0.05, 0.1) is 12.6 Å². The van der Waals surface area contributed by atoms with E-state index >= 15 is 0 Å². The maximum absolute atomic E-state index is 12.4. The van der Waals surface area contributed by atoms with Gasteiger partial charge in [0.25, 0.3) is 5.91 Å². The molecule has 0 aliphatic carbocycles. The molecule has 1 atom stereocenters. The van der Waals surface area contributed by atoms with Crippen molar-refractivity contribution in [2.75, 3.05) is 32.1 Å². The van der Waals surface area contributed by atoms with Crippen molar-refractivity contribution >= 4 is 11.6 Å². The van der Waals surface area contributed by atoms with E-state index in [4.69, 9.17) is 0 Å². The Kier molecular flexibility index (Phi) is 3.87. The average Bonchev–Trinajstić information content (AvgIpc) is 2.86. The standard InChI is InChI=1S/C14H20N2O2/c1-15(2)12-6-3-5-11(9-12)14(18)16-8-4-7-13(16)10-17/h3,5-6,9,13,17H,4,7-8,10H2,1-2H3/t13-/m1/s1. The molecule has 0 saturated carbocycles. The Hall–Kier alpha value is -1.55. The minimum atomic E-state index is -0.0134. The fraction of sp³-hybridized carbons (Fsp3) is 0.500. The molecule has 98 valence electrons. The Morgan fingerprint density at radius 1 is 1.50 bits per heavy atom. The molecule has 0 bridgehead atoms. The molecule has 4 nitrogen and oxygen atoms in total. The Labute approximate surface area is 108 Å². The summed E-state index contributed by atoms with van der Waals surface area (Å²) in [6.07, 6.45) is 1.87. The minimum Gasteiger partial charge on any atom is -0.394 e. The number of nitrogens with zero attached hydrogens (tertiary/aromatic N) is 2. The monoisotopic (exact) mass is 248 g/mol. The van der Waals surface area contributed by atoms with E-state index in [-0.39, 0.29) is 18.6 Å². The van der Waals surface area contributed by atoms with E-state index in [0.29, 0.717) is 5.56 Å². The summed E-state index contributed by atoms with van der Waals surface area (Å²) < 4.78 is 0. The van der Waals surface area contributed by atoms with Gasteiger partial charge in [-0.05, 0) is 31.0 Å². The van der Waals surface area contributed by atoms with Crippen LogP contribution in [0.4, 0.5) is 5.69 Å². The Balaban J connectivity index is 2.20. The van der Waals surface area contributed by atoms with Gasteiger partial charge in [0.15, 0.2) is 0 Å². The van der Waals surface area contributed by atoms with Gasteiger partial charge in [-0.1, -0.05) is 6.07 Å². The molecule has 4 heteroatoms. The van der Waals surface area contributed by atoms with E-state index < -0.39 is 0 Å². The quantitative estimate of drug-likeness (QED) is 0.878. The highest BCUT2D eigenvalue weighted by Crippen LogP contribution is 2.21. The lowest BCUT2D eigenvalue weighted by molar-refractivity contribution is 0.0677. The molecule has 2 rings (SSSR count). The largest absolute Gasteiger partial charge is 0.394 e. The molecule has 1 aliphatic rings. The second-order valence-electron chi connectivity index (χ2n) is 4.92. The van der Waals surface area contributed by atoms with Gasteiger partial charge in [0, 0.05) is 31.9 Å². The molecule has 1 aromatic rings. The number of hydrogen-bond acceptors (Lipinski definition) is 3. The number of hydrogen-bond donors (Lipinski definition) is 1. The zero-order valence-electron chi connectivity index (χ0n) is 11.0. The van der Waals surface area contributed by atoms with Gasteiger partial charge in [-0.3, -0.25) is 4.79 Å². The lowest BCUT2D eigenvalue weighted by Gasteiger charge is -2.23. The molecule has 1 amide bonds. The van der Waals surface area contributed by atoms with Crippen LogP contribution in [0, 0.1) is 0 Å². The predicted molar refractivity (Wildman–Crippen MR) is 71.9 cm³/mol. The zero-order valence-corrected chi connectivity index (χ0v) is 11.0. The first kappa shape index (κ1) is 12.9. The van der Waals surface area contributed by atoms with Gasteiger partial charge in [0.2, 0.25) is 0 Å². The number of amides is 1. The van der Waals surface area contributed by atoms with Crippen molar-refractivity contribution < 1.29 is 9.90 Å². The van der Waals surface area contributed by atoms with Crippen LogP contribution < -0.4 is 4.90 Å². The molecule has 1 heterocycles. The summed E-state index contributed by atoms with van der Waals surface area (Å²) in [6.45, 7) is 0.801. The maximum Gasteiger partial charge on any atom is 0.254 e. The van der Waals surface area contributed by atoms with Crippen LogP contribution in [0.25, 0.3) is 0 Å². The third-order valence-corrected chi connectivity index (χ3v) is 3.46. The SMILES string of the molecule is CN(C)c1cccc(C(=O)N2CCC[C@@H]2CO)c1. The Morgan fingerprint density at radius 2 is 2.28 bits per heavy atom. The molecular formula is C14H20N2O2. The van der Waals surface area contributed by atoms with Crippen molar-refractivity contribution in [3.63, 3.8) is 0 Å². The normalized spacial score (nSPS) is 19.1. The lowest BCUT2D eigenvalue weighted by atomic mass is 10.1. The summed E-state index contributed by atoms with van der Waals surface area (Å²) >= 11 is 0. The summed E-state index contributed by atoms with van der Waals surface area (Å²) in [5.74, 6) is 0.0234. The minimum absolute atomic E-state index is 0.0134. The topological polar surface area (TPSA) is 43.8 Å². The summed E-state index contributed by atoms with van der Waals surface area (Å²) in [6, 6.07) is 7.59. The smallest absolute Gasteiger partial charge is 0.254 e. The second kappa shape index (κ2) is 5.40. The number of carbonyl (C=O) groups is 1. The number of aliphatic hydroxyl groups is 1. The molecule has 1 fully saturated rings. The van der Waals surface area contributed by atoms with Crippen molar-refractivity contribution in [2.45, 2.75) is 18.9 Å². The fourth-order valence-corrected chi connectivity index (χ4v) is 2.38. The van der Waals surface area contributed by atoms with Gasteiger partial charge in [-0.25, -0.2) is 0 Å². The van der Waals surface area contributed by atoms with Crippen LogP contribution in [-0.4, -0.2) is 49.2 Å². The highest BCUT2D eigenvalue weighted by Gasteiger charge is 2.28. The second-order valence-corrected chi connectivity index (χ2v) is 4.92. The predicted octanol–water partition coefficient (Wildman–Crippen LogP) is 1.35. The molecule has 1 aromatic carbocycles. The van der Waals surface area contributed by atoms with Crippen LogP contribution in [0.5, 0.6) is 0 Å². The van der Waals surface area contributed by atoms with Crippen molar-refractivity contribution in [2.24, 2.45) is 0 Å². The van der Waals surface area contributed by atoms with Crippen LogP contribution in [-0.2, 0) is 0 Å². The first-order valence-electron chi connectivity index (χ1n) is 6.32. The van der Waals surface area contributed by atoms with E-state index in [1.807, 2.05) is 43.3 Å². The zero-order chi connectivity index (χ0) is 13.1. The molecule has 1 saturated heterocycles. The van der Waals surface area contributed by atoms with Crippen LogP contribution in [0.2, 0.25) is 0 Å². The lowest BCUT2D eigenvalue weighted by Crippen LogP contribution is -2.37. The first-order valence-corrected chi connectivity index (χ1v) is 6.32. The number of benzene rings is 1. The van der Waals surface area contributed by atoms with E-state index in [0.717, 1.165) is 25.1 Å². The molecule has 0 unspecified atom stereocenters. The maximum atomic E-state index is 12.4. The molecular weight excluding hydrogens is 228 g/mol. The summed E-state index contributed by atoms with van der Waals surface area (Å²) in [5, 5.41) is 9.27. The van der Waals surface area contributed by atoms with E-state index in [1.165, 1.54) is 0 Å². The third-order valence-electron chi connectivity index (χ3n) is 3.46. The van der Waals surface area contributed by atoms with Gasteiger partial charge in [0.1, 0.15) is 0 Å². The fourth-order valence-electron chi connectivity index (χ4n) is 2.38. The van der Waals surface area contributed by atoms with E-state index in [1.54, 1.807) is 4.90 Å².